The average Bonchev–Trinajstić information content (AvgIpc) is 2.72. The second-order valence-corrected chi connectivity index (χ2v) is 5.76. The number of nitro groups is 1. The van der Waals surface area contributed by atoms with Crippen LogP contribution in [0, 0.1) is 10.1 Å². The molecule has 27 heavy (non-hydrogen) atoms. The van der Waals surface area contributed by atoms with Crippen LogP contribution in [0.5, 0.6) is 0 Å². The maximum absolute atomic E-state index is 10.6. The summed E-state index contributed by atoms with van der Waals surface area (Å²) in [6.07, 6.45) is 0. The van der Waals surface area contributed by atoms with Gasteiger partial charge in [-0.3, -0.25) is 15.5 Å². The van der Waals surface area contributed by atoms with E-state index in [9.17, 15) is 10.1 Å². The lowest BCUT2D eigenvalue weighted by Gasteiger charge is -2.02. The Balaban J connectivity index is 1.62. The second-order valence-electron chi connectivity index (χ2n) is 5.40. The van der Waals surface area contributed by atoms with Gasteiger partial charge in [0, 0.05) is 17.7 Å². The summed E-state index contributed by atoms with van der Waals surface area (Å²) in [6.45, 7) is 0. The maximum atomic E-state index is 10.6. The van der Waals surface area contributed by atoms with Gasteiger partial charge in [0.25, 0.3) is 5.69 Å². The average molecular weight is 380 g/mol. The summed E-state index contributed by atoms with van der Waals surface area (Å²) < 4.78 is 0. The number of hydrogen-bond donors (Lipinski definition) is 1. The van der Waals surface area contributed by atoms with Crippen molar-refractivity contribution in [1.29, 1.82) is 0 Å². The fraction of sp³-hybridized carbons (Fsp3) is 0. The van der Waals surface area contributed by atoms with Gasteiger partial charge in [-0.1, -0.05) is 41.9 Å². The Bertz CT molecular complexity index is 971. The SMILES string of the molecule is O=[N+]([O-])c1ccc(N=Nc2ccc(N/N=C(/Cl)c3ccccc3)cc2)cc1. The molecule has 134 valence electrons. The zero-order valence-electron chi connectivity index (χ0n) is 14.0. The molecule has 0 aliphatic carbocycles. The third kappa shape index (κ3) is 5.20. The van der Waals surface area contributed by atoms with Crippen LogP contribution in [0.3, 0.4) is 0 Å². The number of hydrazone groups is 1. The molecule has 0 spiro atoms. The molecule has 0 amide bonds. The molecule has 0 radical (unpaired) electrons. The molecule has 0 fully saturated rings. The summed E-state index contributed by atoms with van der Waals surface area (Å²) >= 11 is 6.15. The molecule has 0 saturated carbocycles. The minimum Gasteiger partial charge on any atom is -0.277 e. The Labute approximate surface area is 160 Å². The molecule has 0 atom stereocenters. The number of nitrogens with zero attached hydrogens (tertiary/aromatic N) is 4. The molecule has 1 N–H and O–H groups in total. The van der Waals surface area contributed by atoms with Crippen molar-refractivity contribution in [1.82, 2.24) is 0 Å². The zero-order valence-corrected chi connectivity index (χ0v) is 14.7. The van der Waals surface area contributed by atoms with Crippen LogP contribution in [0.4, 0.5) is 22.7 Å². The number of nitro benzene ring substituents is 1. The van der Waals surface area contributed by atoms with E-state index in [4.69, 9.17) is 11.6 Å². The van der Waals surface area contributed by atoms with Crippen LogP contribution >= 0.6 is 11.6 Å². The zero-order chi connectivity index (χ0) is 19.1. The van der Waals surface area contributed by atoms with Gasteiger partial charge >= 0.3 is 0 Å². The first-order valence-electron chi connectivity index (χ1n) is 7.93. The predicted octanol–water partition coefficient (Wildman–Crippen LogP) is 6.02. The number of benzene rings is 3. The molecule has 3 rings (SSSR count). The van der Waals surface area contributed by atoms with Crippen molar-refractivity contribution in [3.63, 3.8) is 0 Å². The van der Waals surface area contributed by atoms with Crippen LogP contribution in [0.2, 0.25) is 0 Å². The van der Waals surface area contributed by atoms with Crippen molar-refractivity contribution in [2.45, 2.75) is 0 Å². The van der Waals surface area contributed by atoms with Crippen LogP contribution in [-0.2, 0) is 0 Å². The van der Waals surface area contributed by atoms with Gasteiger partial charge in [-0.15, -0.1) is 0 Å². The Morgan fingerprint density at radius 3 is 1.96 bits per heavy atom. The van der Waals surface area contributed by atoms with Crippen molar-refractivity contribution >= 4 is 39.5 Å². The third-order valence-corrected chi connectivity index (χ3v) is 3.81. The summed E-state index contributed by atoms with van der Waals surface area (Å²) in [7, 11) is 0. The number of nitrogens with one attached hydrogen (secondary N) is 1. The summed E-state index contributed by atoms with van der Waals surface area (Å²) in [5.74, 6) is 0. The minimum atomic E-state index is -0.459. The van der Waals surface area contributed by atoms with Gasteiger partial charge in [-0.05, 0) is 36.4 Å². The predicted molar refractivity (Wildman–Crippen MR) is 106 cm³/mol. The van der Waals surface area contributed by atoms with Gasteiger partial charge in [0.1, 0.15) is 0 Å². The Kier molecular flexibility index (Phi) is 5.86. The molecule has 0 saturated heterocycles. The Morgan fingerprint density at radius 1 is 0.852 bits per heavy atom. The number of non-ortho nitro benzene ring substituents is 1. The first-order valence-corrected chi connectivity index (χ1v) is 8.30. The van der Waals surface area contributed by atoms with E-state index in [1.165, 1.54) is 24.3 Å². The Morgan fingerprint density at radius 2 is 1.41 bits per heavy atom. The highest BCUT2D eigenvalue weighted by Gasteiger charge is 2.03. The molecule has 0 bridgehead atoms. The molecule has 3 aromatic rings. The normalized spacial score (nSPS) is 11.5. The molecule has 3 aromatic carbocycles. The summed E-state index contributed by atoms with van der Waals surface area (Å²) in [5.41, 5.74) is 5.63. The van der Waals surface area contributed by atoms with Crippen LogP contribution in [-0.4, -0.2) is 10.1 Å². The van der Waals surface area contributed by atoms with Gasteiger partial charge in [0.2, 0.25) is 0 Å². The smallest absolute Gasteiger partial charge is 0.269 e. The van der Waals surface area contributed by atoms with Crippen molar-refractivity contribution in [3.05, 3.63) is 94.5 Å². The number of hydrogen-bond acceptors (Lipinski definition) is 6. The van der Waals surface area contributed by atoms with E-state index < -0.39 is 4.92 Å². The van der Waals surface area contributed by atoms with Crippen molar-refractivity contribution in [2.24, 2.45) is 15.3 Å². The maximum Gasteiger partial charge on any atom is 0.269 e. The first-order chi connectivity index (χ1) is 13.1. The lowest BCUT2D eigenvalue weighted by atomic mass is 10.2. The monoisotopic (exact) mass is 379 g/mol. The Hall–Kier alpha value is -3.58. The summed E-state index contributed by atoms with van der Waals surface area (Å²) in [5, 5.41) is 23.3. The highest BCUT2D eigenvalue weighted by molar-refractivity contribution is 6.69. The van der Waals surface area contributed by atoms with Gasteiger partial charge < -0.3 is 0 Å². The van der Waals surface area contributed by atoms with E-state index in [-0.39, 0.29) is 5.69 Å². The fourth-order valence-electron chi connectivity index (χ4n) is 2.11. The highest BCUT2D eigenvalue weighted by atomic mass is 35.5. The van der Waals surface area contributed by atoms with Gasteiger partial charge in [0.05, 0.1) is 22.0 Å². The van der Waals surface area contributed by atoms with E-state index >= 15 is 0 Å². The van der Waals surface area contributed by atoms with Gasteiger partial charge in [0.15, 0.2) is 5.17 Å². The molecule has 0 aliphatic heterocycles. The second kappa shape index (κ2) is 8.68. The number of rotatable bonds is 6. The van der Waals surface area contributed by atoms with Crippen LogP contribution in [0.1, 0.15) is 5.56 Å². The molecule has 7 nitrogen and oxygen atoms in total. The quantitative estimate of drug-likeness (QED) is 0.245. The van der Waals surface area contributed by atoms with E-state index in [1.54, 1.807) is 24.3 Å². The highest BCUT2D eigenvalue weighted by Crippen LogP contribution is 2.22. The lowest BCUT2D eigenvalue weighted by molar-refractivity contribution is -0.384. The topological polar surface area (TPSA) is 92.2 Å². The molecule has 8 heteroatoms. The van der Waals surface area contributed by atoms with Gasteiger partial charge in [-0.2, -0.15) is 15.3 Å². The number of azo groups is 1. The third-order valence-electron chi connectivity index (χ3n) is 3.50. The number of anilines is 1. The van der Waals surface area contributed by atoms with E-state index in [0.29, 0.717) is 16.5 Å². The van der Waals surface area contributed by atoms with Crippen molar-refractivity contribution in [2.75, 3.05) is 5.43 Å². The fourth-order valence-corrected chi connectivity index (χ4v) is 2.28. The first kappa shape index (κ1) is 18.2. The molecule has 0 heterocycles. The lowest BCUT2D eigenvalue weighted by Crippen LogP contribution is -1.96. The summed E-state index contributed by atoms with van der Waals surface area (Å²) in [6, 6.07) is 22.4. The van der Waals surface area contributed by atoms with Crippen LogP contribution in [0.25, 0.3) is 0 Å². The molecular formula is C19H14ClN5O2. The van der Waals surface area contributed by atoms with Crippen molar-refractivity contribution < 1.29 is 4.92 Å². The van der Waals surface area contributed by atoms with Crippen LogP contribution < -0.4 is 5.43 Å². The molecule has 0 aromatic heterocycles. The largest absolute Gasteiger partial charge is 0.277 e. The molecule has 0 aliphatic rings. The van der Waals surface area contributed by atoms with E-state index in [1.807, 2.05) is 30.3 Å². The van der Waals surface area contributed by atoms with E-state index in [0.717, 1.165) is 11.3 Å². The number of halogens is 1. The van der Waals surface area contributed by atoms with Gasteiger partial charge in [-0.25, -0.2) is 0 Å². The molecule has 0 unspecified atom stereocenters. The summed E-state index contributed by atoms with van der Waals surface area (Å²) in [4.78, 5) is 10.2. The molecular weight excluding hydrogens is 366 g/mol. The van der Waals surface area contributed by atoms with E-state index in [2.05, 4.69) is 20.8 Å². The van der Waals surface area contributed by atoms with Crippen LogP contribution in [0.15, 0.2) is 94.2 Å². The minimum absolute atomic E-state index is 0.0131. The standard InChI is InChI=1S/C19H14ClN5O2/c20-19(14-4-2-1-3-5-14)24-23-16-8-6-15(7-9-16)21-22-17-10-12-18(13-11-17)25(26)27/h1-13,23H/b22-21?,24-19+. The van der Waals surface area contributed by atoms with Crippen molar-refractivity contribution in [3.8, 4) is 0 Å².